The molecule has 1 aliphatic rings. The summed E-state index contributed by atoms with van der Waals surface area (Å²) < 4.78 is 7.32. The number of hydrogen-bond acceptors (Lipinski definition) is 6. The first-order chi connectivity index (χ1) is 17.5. The molecule has 1 N–H and O–H groups in total. The van der Waals surface area contributed by atoms with Crippen LogP contribution in [0.2, 0.25) is 0 Å². The average Bonchev–Trinajstić information content (AvgIpc) is 3.57. The Balaban J connectivity index is 1.53. The lowest BCUT2D eigenvalue weighted by Gasteiger charge is -2.38. The summed E-state index contributed by atoms with van der Waals surface area (Å²) in [6, 6.07) is 18.3. The Labute approximate surface area is 211 Å². The van der Waals surface area contributed by atoms with E-state index in [1.54, 1.807) is 7.11 Å². The number of nitrogens with one attached hydrogen (secondary N) is 1. The van der Waals surface area contributed by atoms with Gasteiger partial charge in [-0.3, -0.25) is 9.69 Å². The number of methoxy groups -OCH3 is 1. The molecule has 2 heterocycles. The maximum Gasteiger partial charge on any atom is 0.252 e. The molecule has 1 fully saturated rings. The smallest absolute Gasteiger partial charge is 0.252 e. The van der Waals surface area contributed by atoms with E-state index in [0.29, 0.717) is 19.1 Å². The Morgan fingerprint density at radius 2 is 1.89 bits per heavy atom. The second-order valence-corrected chi connectivity index (χ2v) is 10.1. The van der Waals surface area contributed by atoms with Crippen LogP contribution >= 0.6 is 0 Å². The zero-order valence-electron chi connectivity index (χ0n) is 21.2. The van der Waals surface area contributed by atoms with Gasteiger partial charge >= 0.3 is 0 Å². The molecule has 1 saturated carbocycles. The largest absolute Gasteiger partial charge is 0.497 e. The van der Waals surface area contributed by atoms with E-state index < -0.39 is 0 Å². The van der Waals surface area contributed by atoms with Gasteiger partial charge in [0.1, 0.15) is 5.75 Å². The van der Waals surface area contributed by atoms with E-state index in [9.17, 15) is 4.79 Å². The van der Waals surface area contributed by atoms with Crippen LogP contribution in [0, 0.1) is 5.92 Å². The van der Waals surface area contributed by atoms with Gasteiger partial charge in [-0.15, -0.1) is 5.10 Å². The molecule has 2 aromatic carbocycles. The highest BCUT2D eigenvalue weighted by Gasteiger charge is 2.35. The molecule has 0 spiro atoms. The Bertz CT molecular complexity index is 1360. The minimum absolute atomic E-state index is 0.0211. The third-order valence-corrected chi connectivity index (χ3v) is 7.26. The van der Waals surface area contributed by atoms with Crippen molar-refractivity contribution in [3.63, 3.8) is 0 Å². The van der Waals surface area contributed by atoms with Crippen LogP contribution in [-0.4, -0.2) is 43.2 Å². The highest BCUT2D eigenvalue weighted by atomic mass is 16.5. The molecule has 0 saturated heterocycles. The number of tetrazole rings is 1. The predicted octanol–water partition coefficient (Wildman–Crippen LogP) is 4.71. The van der Waals surface area contributed by atoms with E-state index in [4.69, 9.17) is 4.74 Å². The maximum atomic E-state index is 13.2. The highest BCUT2D eigenvalue weighted by molar-refractivity contribution is 5.80. The van der Waals surface area contributed by atoms with Gasteiger partial charge in [-0.25, -0.2) is 4.68 Å². The molecule has 5 rings (SSSR count). The summed E-state index contributed by atoms with van der Waals surface area (Å²) in [5, 5.41) is 13.9. The van der Waals surface area contributed by atoms with Crippen LogP contribution in [0.4, 0.5) is 0 Å². The van der Waals surface area contributed by atoms with E-state index in [1.807, 2.05) is 47.1 Å². The normalized spacial score (nSPS) is 15.2. The number of rotatable bonds is 9. The van der Waals surface area contributed by atoms with Crippen LogP contribution in [0.5, 0.6) is 5.75 Å². The SMILES string of the molecule is COc1ccc2[nH]c(=O)c(CN(C3CCCC3)[C@H](c3nnnn3Cc3ccccc3)C(C)C)cc2c1. The van der Waals surface area contributed by atoms with Gasteiger partial charge in [0.05, 0.1) is 19.7 Å². The lowest BCUT2D eigenvalue weighted by Crippen LogP contribution is -2.41. The number of ether oxygens (including phenoxy) is 1. The van der Waals surface area contributed by atoms with Crippen molar-refractivity contribution < 1.29 is 4.74 Å². The van der Waals surface area contributed by atoms with Gasteiger partial charge in [0, 0.05) is 29.1 Å². The van der Waals surface area contributed by atoms with Gasteiger partial charge in [0.2, 0.25) is 0 Å². The summed E-state index contributed by atoms with van der Waals surface area (Å²) >= 11 is 0. The van der Waals surface area contributed by atoms with Crippen molar-refractivity contribution in [1.29, 1.82) is 0 Å². The summed E-state index contributed by atoms with van der Waals surface area (Å²) in [5.74, 6) is 1.87. The number of benzene rings is 2. The second-order valence-electron chi connectivity index (χ2n) is 10.1. The molecule has 36 heavy (non-hydrogen) atoms. The minimum atomic E-state index is -0.0537. The van der Waals surface area contributed by atoms with Crippen molar-refractivity contribution in [2.45, 2.75) is 64.7 Å². The fraction of sp³-hybridized carbons (Fsp3) is 0.429. The van der Waals surface area contributed by atoms with Crippen LogP contribution in [0.25, 0.3) is 10.9 Å². The standard InChI is InChI=1S/C28H34N6O2/c1-19(2)26(27-30-31-32-34(27)17-20-9-5-4-6-10-20)33(23-11-7-8-12-23)18-22-15-21-16-24(36-3)13-14-25(21)29-28(22)35/h4-6,9-10,13-16,19,23,26H,7-8,11-12,17-18H2,1-3H3,(H,29,35)/t26-/m0/s1. The van der Waals surface area contributed by atoms with E-state index in [1.165, 1.54) is 12.8 Å². The summed E-state index contributed by atoms with van der Waals surface area (Å²) in [5.41, 5.74) is 2.66. The molecule has 1 aliphatic carbocycles. The van der Waals surface area contributed by atoms with Gasteiger partial charge < -0.3 is 9.72 Å². The molecule has 8 nitrogen and oxygen atoms in total. The Kier molecular flexibility index (Phi) is 7.13. The van der Waals surface area contributed by atoms with E-state index in [2.05, 4.69) is 51.4 Å². The summed E-state index contributed by atoms with van der Waals surface area (Å²) in [7, 11) is 1.66. The molecule has 0 radical (unpaired) electrons. The topological polar surface area (TPSA) is 88.9 Å². The zero-order valence-corrected chi connectivity index (χ0v) is 21.2. The van der Waals surface area contributed by atoms with Gasteiger partial charge in [-0.05, 0) is 59.0 Å². The predicted molar refractivity (Wildman–Crippen MR) is 140 cm³/mol. The number of pyridine rings is 1. The number of aromatic nitrogens is 5. The Hall–Kier alpha value is -3.52. The van der Waals surface area contributed by atoms with E-state index in [0.717, 1.165) is 46.4 Å². The molecule has 0 bridgehead atoms. The fourth-order valence-corrected chi connectivity index (χ4v) is 5.48. The van der Waals surface area contributed by atoms with Crippen LogP contribution in [0.15, 0.2) is 59.4 Å². The third kappa shape index (κ3) is 5.04. The number of aromatic amines is 1. The molecule has 4 aromatic rings. The van der Waals surface area contributed by atoms with Crippen molar-refractivity contribution in [3.05, 3.63) is 81.9 Å². The molecule has 0 aliphatic heterocycles. The fourth-order valence-electron chi connectivity index (χ4n) is 5.48. The first-order valence-corrected chi connectivity index (χ1v) is 12.8. The molecular weight excluding hydrogens is 452 g/mol. The monoisotopic (exact) mass is 486 g/mol. The highest BCUT2D eigenvalue weighted by Crippen LogP contribution is 2.36. The molecular formula is C28H34N6O2. The summed E-state index contributed by atoms with van der Waals surface area (Å²) in [4.78, 5) is 18.7. The van der Waals surface area contributed by atoms with Crippen LogP contribution < -0.4 is 10.3 Å². The molecule has 2 aromatic heterocycles. The first kappa shape index (κ1) is 24.2. The summed E-state index contributed by atoms with van der Waals surface area (Å²) in [6.45, 7) is 5.57. The van der Waals surface area contributed by atoms with Gasteiger partial charge in [0.25, 0.3) is 5.56 Å². The van der Waals surface area contributed by atoms with Crippen molar-refractivity contribution in [3.8, 4) is 5.75 Å². The lowest BCUT2D eigenvalue weighted by atomic mass is 9.97. The minimum Gasteiger partial charge on any atom is -0.497 e. The second kappa shape index (κ2) is 10.6. The van der Waals surface area contributed by atoms with Crippen LogP contribution in [-0.2, 0) is 13.1 Å². The van der Waals surface area contributed by atoms with Crippen molar-refractivity contribution in [2.24, 2.45) is 5.92 Å². The quantitative estimate of drug-likeness (QED) is 0.368. The van der Waals surface area contributed by atoms with Crippen molar-refractivity contribution in [1.82, 2.24) is 30.1 Å². The first-order valence-electron chi connectivity index (χ1n) is 12.8. The van der Waals surface area contributed by atoms with E-state index >= 15 is 0 Å². The third-order valence-electron chi connectivity index (χ3n) is 7.26. The number of fused-ring (bicyclic) bond motifs is 1. The van der Waals surface area contributed by atoms with Crippen LogP contribution in [0.3, 0.4) is 0 Å². The summed E-state index contributed by atoms with van der Waals surface area (Å²) in [6.07, 6.45) is 4.63. The molecule has 0 unspecified atom stereocenters. The lowest BCUT2D eigenvalue weighted by molar-refractivity contribution is 0.0844. The van der Waals surface area contributed by atoms with Gasteiger partial charge in [-0.2, -0.15) is 0 Å². The Morgan fingerprint density at radius 3 is 2.61 bits per heavy atom. The molecule has 0 amide bonds. The van der Waals surface area contributed by atoms with Crippen LogP contribution in [0.1, 0.15) is 62.5 Å². The Morgan fingerprint density at radius 1 is 1.11 bits per heavy atom. The zero-order chi connectivity index (χ0) is 25.1. The maximum absolute atomic E-state index is 13.2. The number of nitrogens with zero attached hydrogens (tertiary/aromatic N) is 5. The van der Waals surface area contributed by atoms with Gasteiger partial charge in [-0.1, -0.05) is 57.0 Å². The average molecular weight is 487 g/mol. The number of H-pyrrole nitrogens is 1. The molecule has 188 valence electrons. The van der Waals surface area contributed by atoms with E-state index in [-0.39, 0.29) is 17.5 Å². The van der Waals surface area contributed by atoms with Crippen molar-refractivity contribution >= 4 is 10.9 Å². The molecule has 1 atom stereocenters. The number of hydrogen-bond donors (Lipinski definition) is 1. The van der Waals surface area contributed by atoms with Crippen molar-refractivity contribution in [2.75, 3.05) is 7.11 Å². The molecule has 8 heteroatoms. The van der Waals surface area contributed by atoms with Gasteiger partial charge in [0.15, 0.2) is 5.82 Å².